The number of ether oxygens (including phenoxy) is 1. The fraction of sp³-hybridized carbons (Fsp3) is 0.400. The Bertz CT molecular complexity index is 918. The molecule has 30 heavy (non-hydrogen) atoms. The molecule has 0 aliphatic carbocycles. The summed E-state index contributed by atoms with van der Waals surface area (Å²) in [5.41, 5.74) is 1.40. The highest BCUT2D eigenvalue weighted by Crippen LogP contribution is 2.26. The lowest BCUT2D eigenvalue weighted by Crippen LogP contribution is -2.30. The molecular formula is C20H23F3N4O3. The van der Waals surface area contributed by atoms with E-state index in [4.69, 9.17) is 4.74 Å². The van der Waals surface area contributed by atoms with Gasteiger partial charge in [-0.25, -0.2) is 9.97 Å². The average Bonchev–Trinajstić information content (AvgIpc) is 2.70. The number of halogens is 3. The van der Waals surface area contributed by atoms with E-state index >= 15 is 0 Å². The van der Waals surface area contributed by atoms with Crippen LogP contribution in [0.15, 0.2) is 30.6 Å². The van der Waals surface area contributed by atoms with Gasteiger partial charge in [0.05, 0.1) is 6.04 Å². The van der Waals surface area contributed by atoms with Gasteiger partial charge in [-0.2, -0.15) is 13.2 Å². The molecule has 0 saturated heterocycles. The second-order valence-corrected chi connectivity index (χ2v) is 6.72. The molecule has 10 heteroatoms. The second-order valence-electron chi connectivity index (χ2n) is 6.72. The fourth-order valence-electron chi connectivity index (χ4n) is 2.58. The maximum Gasteiger partial charge on any atom is 0.422 e. The number of nitrogens with one attached hydrogen (secondary N) is 1. The summed E-state index contributed by atoms with van der Waals surface area (Å²) in [5.74, 6) is -0.365. The van der Waals surface area contributed by atoms with Crippen molar-refractivity contribution in [3.8, 4) is 5.88 Å². The molecule has 2 aromatic heterocycles. The van der Waals surface area contributed by atoms with Gasteiger partial charge in [0.1, 0.15) is 5.82 Å². The van der Waals surface area contributed by atoms with Crippen LogP contribution >= 0.6 is 0 Å². The number of nitrogens with zero attached hydrogens (tertiary/aromatic N) is 3. The van der Waals surface area contributed by atoms with Gasteiger partial charge in [0.15, 0.2) is 6.61 Å². The third kappa shape index (κ3) is 6.16. The van der Waals surface area contributed by atoms with E-state index in [9.17, 15) is 22.8 Å². The first-order valence-corrected chi connectivity index (χ1v) is 9.21. The summed E-state index contributed by atoms with van der Waals surface area (Å²) in [6.07, 6.45) is -1.36. The van der Waals surface area contributed by atoms with Crippen molar-refractivity contribution in [1.82, 2.24) is 14.9 Å². The van der Waals surface area contributed by atoms with Crippen LogP contribution in [0.3, 0.4) is 0 Å². The number of anilines is 1. The van der Waals surface area contributed by atoms with Crippen molar-refractivity contribution in [2.75, 3.05) is 19.0 Å². The standard InChI is InChI=1S/C20H23F3N4O3/c1-5-17(28)26-16-9-14(6-7-24-16)19(29)27(4)13(3)15-8-12(2)18(25-10-15)30-11-20(21,22)23/h6-10,13H,5,11H2,1-4H3,(H,24,26,28). The molecular weight excluding hydrogens is 401 g/mol. The maximum atomic E-state index is 12.8. The summed E-state index contributed by atoms with van der Waals surface area (Å²) in [7, 11) is 1.60. The maximum absolute atomic E-state index is 12.8. The molecule has 0 fully saturated rings. The van der Waals surface area contributed by atoms with Gasteiger partial charge >= 0.3 is 6.18 Å². The van der Waals surface area contributed by atoms with Crippen molar-refractivity contribution in [2.45, 2.75) is 39.4 Å². The van der Waals surface area contributed by atoms with Gasteiger partial charge in [-0.1, -0.05) is 6.92 Å². The van der Waals surface area contributed by atoms with E-state index in [0.717, 1.165) is 0 Å². The molecule has 0 aliphatic rings. The molecule has 1 unspecified atom stereocenters. The summed E-state index contributed by atoms with van der Waals surface area (Å²) >= 11 is 0. The molecule has 0 saturated carbocycles. The summed E-state index contributed by atoms with van der Waals surface area (Å²) in [6.45, 7) is 3.64. The van der Waals surface area contributed by atoms with Gasteiger partial charge in [0.25, 0.3) is 5.91 Å². The van der Waals surface area contributed by atoms with Crippen LogP contribution in [0.2, 0.25) is 0 Å². The van der Waals surface area contributed by atoms with Gasteiger partial charge in [0.2, 0.25) is 11.8 Å². The van der Waals surface area contributed by atoms with Crippen LogP contribution in [-0.2, 0) is 4.79 Å². The third-order valence-electron chi connectivity index (χ3n) is 4.40. The molecule has 162 valence electrons. The van der Waals surface area contributed by atoms with Crippen molar-refractivity contribution >= 4 is 17.6 Å². The molecule has 7 nitrogen and oxygen atoms in total. The highest BCUT2D eigenvalue weighted by atomic mass is 19.4. The quantitative estimate of drug-likeness (QED) is 0.729. The zero-order valence-electron chi connectivity index (χ0n) is 17.1. The van der Waals surface area contributed by atoms with E-state index < -0.39 is 18.8 Å². The number of aryl methyl sites for hydroxylation is 1. The zero-order valence-corrected chi connectivity index (χ0v) is 17.1. The highest BCUT2D eigenvalue weighted by Gasteiger charge is 2.29. The molecule has 2 rings (SSSR count). The molecule has 0 spiro atoms. The molecule has 0 bridgehead atoms. The number of carbonyl (C=O) groups excluding carboxylic acids is 2. The van der Waals surface area contributed by atoms with Crippen LogP contribution in [0.1, 0.15) is 47.8 Å². The van der Waals surface area contributed by atoms with E-state index in [1.165, 1.54) is 29.4 Å². The van der Waals surface area contributed by atoms with E-state index in [-0.39, 0.29) is 29.9 Å². The van der Waals surface area contributed by atoms with Crippen molar-refractivity contribution in [2.24, 2.45) is 0 Å². The van der Waals surface area contributed by atoms with Crippen molar-refractivity contribution in [3.05, 3.63) is 47.3 Å². The first-order chi connectivity index (χ1) is 14.0. The van der Waals surface area contributed by atoms with Crippen LogP contribution in [0.5, 0.6) is 5.88 Å². The third-order valence-corrected chi connectivity index (χ3v) is 4.40. The zero-order chi connectivity index (χ0) is 22.5. The van der Waals surface area contributed by atoms with Crippen LogP contribution in [0.4, 0.5) is 19.0 Å². The monoisotopic (exact) mass is 424 g/mol. The number of hydrogen-bond donors (Lipinski definition) is 1. The SMILES string of the molecule is CCC(=O)Nc1cc(C(=O)N(C)C(C)c2cnc(OCC(F)(F)F)c(C)c2)ccn1. The van der Waals surface area contributed by atoms with Gasteiger partial charge in [-0.15, -0.1) is 0 Å². The lowest BCUT2D eigenvalue weighted by molar-refractivity contribution is -0.154. The van der Waals surface area contributed by atoms with Gasteiger partial charge in [-0.05, 0) is 37.6 Å². The molecule has 2 heterocycles. The van der Waals surface area contributed by atoms with Gasteiger partial charge in [-0.3, -0.25) is 9.59 Å². The Kier molecular flexibility index (Phi) is 7.36. The number of rotatable bonds is 7. The smallest absolute Gasteiger partial charge is 0.422 e. The number of aromatic nitrogens is 2. The Morgan fingerprint density at radius 2 is 1.97 bits per heavy atom. The second kappa shape index (κ2) is 9.55. The fourth-order valence-corrected chi connectivity index (χ4v) is 2.58. The predicted molar refractivity (Wildman–Crippen MR) is 104 cm³/mol. The summed E-state index contributed by atoms with van der Waals surface area (Å²) in [4.78, 5) is 33.8. The molecule has 0 aromatic carbocycles. The van der Waals surface area contributed by atoms with Crippen LogP contribution in [0.25, 0.3) is 0 Å². The van der Waals surface area contributed by atoms with Gasteiger partial charge < -0.3 is 15.0 Å². The predicted octanol–water partition coefficient (Wildman–Crippen LogP) is 3.91. The summed E-state index contributed by atoms with van der Waals surface area (Å²) < 4.78 is 41.7. The molecule has 2 amide bonds. The largest absolute Gasteiger partial charge is 0.468 e. The topological polar surface area (TPSA) is 84.4 Å². The molecule has 1 atom stereocenters. The van der Waals surface area contributed by atoms with E-state index in [0.29, 0.717) is 16.7 Å². The Balaban J connectivity index is 2.14. The van der Waals surface area contributed by atoms with Crippen LogP contribution in [-0.4, -0.2) is 46.5 Å². The Morgan fingerprint density at radius 3 is 2.57 bits per heavy atom. The molecule has 1 N–H and O–H groups in total. The molecule has 0 radical (unpaired) electrons. The number of pyridine rings is 2. The Morgan fingerprint density at radius 1 is 1.27 bits per heavy atom. The van der Waals surface area contributed by atoms with Crippen molar-refractivity contribution < 1.29 is 27.5 Å². The number of alkyl halides is 3. The molecule has 2 aromatic rings. The van der Waals surface area contributed by atoms with Gasteiger partial charge in [0, 0.05) is 37.0 Å². The van der Waals surface area contributed by atoms with Crippen molar-refractivity contribution in [3.63, 3.8) is 0 Å². The minimum Gasteiger partial charge on any atom is -0.468 e. The first kappa shape index (κ1) is 23.1. The number of amides is 2. The lowest BCUT2D eigenvalue weighted by atomic mass is 10.1. The minimum atomic E-state index is -4.45. The van der Waals surface area contributed by atoms with Crippen LogP contribution in [0, 0.1) is 6.92 Å². The normalized spacial score (nSPS) is 12.2. The van der Waals surface area contributed by atoms with E-state index in [2.05, 4.69) is 15.3 Å². The van der Waals surface area contributed by atoms with Crippen LogP contribution < -0.4 is 10.1 Å². The Labute approximate surface area is 172 Å². The average molecular weight is 424 g/mol. The summed E-state index contributed by atoms with van der Waals surface area (Å²) in [5, 5.41) is 2.60. The van der Waals surface area contributed by atoms with E-state index in [1.54, 1.807) is 33.9 Å². The minimum absolute atomic E-state index is 0.109. The number of hydrogen-bond acceptors (Lipinski definition) is 5. The van der Waals surface area contributed by atoms with E-state index in [1.807, 2.05) is 0 Å². The highest BCUT2D eigenvalue weighted by molar-refractivity contribution is 5.96. The van der Waals surface area contributed by atoms with Crippen molar-refractivity contribution in [1.29, 1.82) is 0 Å². The lowest BCUT2D eigenvalue weighted by Gasteiger charge is -2.26. The number of carbonyl (C=O) groups is 2. The summed E-state index contributed by atoms with van der Waals surface area (Å²) in [6, 6.07) is 4.23. The Hall–Kier alpha value is -3.17. The molecule has 0 aliphatic heterocycles. The first-order valence-electron chi connectivity index (χ1n) is 9.21.